The third kappa shape index (κ3) is 7.07. The van der Waals surface area contributed by atoms with Crippen molar-refractivity contribution < 1.29 is 13.2 Å². The number of benzene rings is 1. The molecular weight excluding hydrogens is 468 g/mol. The first kappa shape index (κ1) is 21.5. The van der Waals surface area contributed by atoms with E-state index in [1.54, 1.807) is 25.4 Å². The molecule has 0 spiro atoms. The summed E-state index contributed by atoms with van der Waals surface area (Å²) in [5.41, 5.74) is 0.749. The van der Waals surface area contributed by atoms with Crippen molar-refractivity contribution in [2.45, 2.75) is 19.3 Å². The van der Waals surface area contributed by atoms with E-state index in [9.17, 15) is 13.2 Å². The van der Waals surface area contributed by atoms with Gasteiger partial charge < -0.3 is 10.6 Å². The molecule has 4 nitrogen and oxygen atoms in total. The Labute approximate surface area is 165 Å². The molecular formula is C16H17ClF3IN4. The smallest absolute Gasteiger partial charge is 0.352 e. The number of nitrogens with one attached hydrogen (secondary N) is 2. The number of rotatable bonds is 4. The van der Waals surface area contributed by atoms with E-state index in [0.717, 1.165) is 17.7 Å². The standard InChI is InChI=1S/C16H16ClF3N4.HI/c1-21-15(24-10-12-5-6-14(17)22-9-12)23-8-11-3-2-4-13(7-11)16(18,19)20;/h2-7,9H,8,10H2,1H3,(H2,21,23,24);1H. The van der Waals surface area contributed by atoms with Crippen LogP contribution in [0.1, 0.15) is 16.7 Å². The second-order valence-corrected chi connectivity index (χ2v) is 5.35. The van der Waals surface area contributed by atoms with Crippen molar-refractivity contribution >= 4 is 41.5 Å². The van der Waals surface area contributed by atoms with Crippen molar-refractivity contribution in [3.05, 3.63) is 64.4 Å². The van der Waals surface area contributed by atoms with Crippen LogP contribution in [-0.4, -0.2) is 18.0 Å². The molecule has 0 atom stereocenters. The normalized spacial score (nSPS) is 11.6. The number of alkyl halides is 3. The molecule has 0 bridgehead atoms. The molecule has 2 rings (SSSR count). The molecule has 0 aliphatic rings. The summed E-state index contributed by atoms with van der Waals surface area (Å²) in [5.74, 6) is 0.474. The maximum Gasteiger partial charge on any atom is 0.416 e. The number of nitrogens with zero attached hydrogens (tertiary/aromatic N) is 2. The van der Waals surface area contributed by atoms with E-state index in [2.05, 4.69) is 20.6 Å². The molecule has 0 unspecified atom stereocenters. The lowest BCUT2D eigenvalue weighted by molar-refractivity contribution is -0.137. The largest absolute Gasteiger partial charge is 0.416 e. The first-order valence-electron chi connectivity index (χ1n) is 7.09. The summed E-state index contributed by atoms with van der Waals surface area (Å²) < 4.78 is 38.1. The van der Waals surface area contributed by atoms with Crippen molar-refractivity contribution in [3.8, 4) is 0 Å². The van der Waals surface area contributed by atoms with Gasteiger partial charge in [-0.25, -0.2) is 4.98 Å². The molecule has 1 heterocycles. The summed E-state index contributed by atoms with van der Waals surface area (Å²) in [6.45, 7) is 0.689. The molecule has 2 N–H and O–H groups in total. The highest BCUT2D eigenvalue weighted by atomic mass is 127. The number of halogens is 5. The van der Waals surface area contributed by atoms with E-state index in [1.165, 1.54) is 6.07 Å². The van der Waals surface area contributed by atoms with Crippen LogP contribution in [0.25, 0.3) is 0 Å². The van der Waals surface area contributed by atoms with Crippen molar-refractivity contribution in [2.24, 2.45) is 4.99 Å². The Morgan fingerprint density at radius 2 is 1.80 bits per heavy atom. The van der Waals surface area contributed by atoms with Gasteiger partial charge in [-0.2, -0.15) is 13.2 Å². The second-order valence-electron chi connectivity index (χ2n) is 4.97. The predicted octanol–water partition coefficient (Wildman–Crippen LogP) is 4.24. The van der Waals surface area contributed by atoms with Crippen LogP contribution in [0.4, 0.5) is 13.2 Å². The first-order chi connectivity index (χ1) is 11.4. The number of guanidine groups is 1. The average Bonchev–Trinajstić information content (AvgIpc) is 2.56. The van der Waals surface area contributed by atoms with E-state index < -0.39 is 11.7 Å². The zero-order valence-electron chi connectivity index (χ0n) is 13.3. The fourth-order valence-electron chi connectivity index (χ4n) is 1.96. The lowest BCUT2D eigenvalue weighted by atomic mass is 10.1. The Hall–Kier alpha value is -1.55. The van der Waals surface area contributed by atoms with E-state index in [0.29, 0.717) is 23.2 Å². The van der Waals surface area contributed by atoms with E-state index >= 15 is 0 Å². The fraction of sp³-hybridized carbons (Fsp3) is 0.250. The van der Waals surface area contributed by atoms with Gasteiger partial charge >= 0.3 is 6.18 Å². The summed E-state index contributed by atoms with van der Waals surface area (Å²) in [6, 6.07) is 8.67. The molecule has 0 saturated carbocycles. The van der Waals surface area contributed by atoms with Crippen molar-refractivity contribution in [2.75, 3.05) is 7.05 Å². The third-order valence-electron chi connectivity index (χ3n) is 3.19. The highest BCUT2D eigenvalue weighted by Gasteiger charge is 2.30. The Morgan fingerprint density at radius 1 is 1.12 bits per heavy atom. The molecule has 136 valence electrons. The minimum Gasteiger partial charge on any atom is -0.352 e. The van der Waals surface area contributed by atoms with Crippen LogP contribution in [0.2, 0.25) is 5.15 Å². The van der Waals surface area contributed by atoms with E-state index in [4.69, 9.17) is 11.6 Å². The fourth-order valence-corrected chi connectivity index (χ4v) is 2.07. The molecule has 0 aliphatic heterocycles. The topological polar surface area (TPSA) is 49.3 Å². The second kappa shape index (κ2) is 9.81. The van der Waals surface area contributed by atoms with Gasteiger partial charge in [0.25, 0.3) is 0 Å². The van der Waals surface area contributed by atoms with Gasteiger partial charge in [0.15, 0.2) is 5.96 Å². The van der Waals surface area contributed by atoms with Gasteiger partial charge in [0, 0.05) is 26.3 Å². The quantitative estimate of drug-likeness (QED) is 0.295. The first-order valence-corrected chi connectivity index (χ1v) is 7.47. The number of aromatic nitrogens is 1. The molecule has 0 fully saturated rings. The number of pyridine rings is 1. The summed E-state index contributed by atoms with van der Waals surface area (Å²) in [4.78, 5) is 8.00. The van der Waals surface area contributed by atoms with Crippen LogP contribution in [-0.2, 0) is 19.3 Å². The molecule has 9 heteroatoms. The molecule has 1 aromatic heterocycles. The van der Waals surface area contributed by atoms with Gasteiger partial charge in [-0.3, -0.25) is 4.99 Å². The van der Waals surface area contributed by atoms with Crippen molar-refractivity contribution in [1.82, 2.24) is 15.6 Å². The van der Waals surface area contributed by atoms with Crippen LogP contribution in [0.3, 0.4) is 0 Å². The van der Waals surface area contributed by atoms with Gasteiger partial charge in [0.2, 0.25) is 0 Å². The lowest BCUT2D eigenvalue weighted by Gasteiger charge is -2.13. The maximum absolute atomic E-state index is 12.7. The van der Waals surface area contributed by atoms with Gasteiger partial charge in [-0.05, 0) is 29.3 Å². The summed E-state index contributed by atoms with van der Waals surface area (Å²) in [6.07, 6.45) is -2.72. The minimum atomic E-state index is -4.35. The lowest BCUT2D eigenvalue weighted by Crippen LogP contribution is -2.36. The Bertz CT molecular complexity index is 705. The van der Waals surface area contributed by atoms with Crippen molar-refractivity contribution in [1.29, 1.82) is 0 Å². The molecule has 25 heavy (non-hydrogen) atoms. The summed E-state index contributed by atoms with van der Waals surface area (Å²) >= 11 is 5.72. The zero-order valence-corrected chi connectivity index (χ0v) is 16.4. The molecule has 0 amide bonds. The molecule has 0 aliphatic carbocycles. The maximum atomic E-state index is 12.7. The molecule has 2 aromatic rings. The Kier molecular flexibility index (Phi) is 8.43. The van der Waals surface area contributed by atoms with Gasteiger partial charge in [-0.15, -0.1) is 24.0 Å². The number of hydrogen-bond acceptors (Lipinski definition) is 2. The zero-order chi connectivity index (χ0) is 17.6. The van der Waals surface area contributed by atoms with Crippen LogP contribution in [0, 0.1) is 0 Å². The van der Waals surface area contributed by atoms with Crippen molar-refractivity contribution in [3.63, 3.8) is 0 Å². The van der Waals surface area contributed by atoms with Crippen LogP contribution >= 0.6 is 35.6 Å². The molecule has 0 saturated heterocycles. The summed E-state index contributed by atoms with van der Waals surface area (Å²) in [7, 11) is 1.58. The highest BCUT2D eigenvalue weighted by Crippen LogP contribution is 2.29. The van der Waals surface area contributed by atoms with Crippen LogP contribution < -0.4 is 10.6 Å². The molecule has 1 aromatic carbocycles. The summed E-state index contributed by atoms with van der Waals surface area (Å²) in [5, 5.41) is 6.43. The Balaban J connectivity index is 0.00000312. The van der Waals surface area contributed by atoms with Gasteiger partial charge in [0.05, 0.1) is 5.56 Å². The average molecular weight is 485 g/mol. The van der Waals surface area contributed by atoms with Crippen LogP contribution in [0.5, 0.6) is 0 Å². The van der Waals surface area contributed by atoms with Gasteiger partial charge in [0.1, 0.15) is 5.15 Å². The van der Waals surface area contributed by atoms with E-state index in [1.807, 2.05) is 6.07 Å². The Morgan fingerprint density at radius 3 is 2.36 bits per heavy atom. The van der Waals surface area contributed by atoms with E-state index in [-0.39, 0.29) is 30.5 Å². The monoisotopic (exact) mass is 484 g/mol. The minimum absolute atomic E-state index is 0. The van der Waals surface area contributed by atoms with Crippen LogP contribution in [0.15, 0.2) is 47.6 Å². The predicted molar refractivity (Wildman–Crippen MR) is 103 cm³/mol. The van der Waals surface area contributed by atoms with Gasteiger partial charge in [-0.1, -0.05) is 29.8 Å². The third-order valence-corrected chi connectivity index (χ3v) is 3.41. The number of aliphatic imine (C=N–C) groups is 1. The SMILES string of the molecule is CN=C(NCc1ccc(Cl)nc1)NCc1cccc(C(F)(F)F)c1.I. The molecule has 0 radical (unpaired) electrons. The highest BCUT2D eigenvalue weighted by molar-refractivity contribution is 14.0. The number of hydrogen-bond donors (Lipinski definition) is 2.